The van der Waals surface area contributed by atoms with E-state index < -0.39 is 11.4 Å². The molecule has 0 bridgehead atoms. The largest absolute Gasteiger partial charge is 0.462 e. The van der Waals surface area contributed by atoms with Crippen molar-refractivity contribution in [3.05, 3.63) is 16.0 Å². The van der Waals surface area contributed by atoms with Gasteiger partial charge in [0, 0.05) is 23.3 Å². The van der Waals surface area contributed by atoms with E-state index in [0.717, 1.165) is 10.4 Å². The van der Waals surface area contributed by atoms with Crippen molar-refractivity contribution in [3.8, 4) is 0 Å². The average Bonchev–Trinajstić information content (AvgIpc) is 2.72. The number of rotatable bonds is 6. The Morgan fingerprint density at radius 2 is 1.79 bits per heavy atom. The van der Waals surface area contributed by atoms with Gasteiger partial charge in [-0.2, -0.15) is 0 Å². The molecule has 0 unspecified atom stereocenters. The molecule has 1 heterocycles. The van der Waals surface area contributed by atoms with Crippen molar-refractivity contribution in [3.63, 3.8) is 0 Å². The lowest BCUT2D eigenvalue weighted by Crippen LogP contribution is -2.36. The fourth-order valence-corrected chi connectivity index (χ4v) is 2.97. The van der Waals surface area contributed by atoms with Crippen molar-refractivity contribution in [2.45, 2.75) is 48.0 Å². The molecule has 0 atom stereocenters. The Bertz CT molecular complexity index is 629. The van der Waals surface area contributed by atoms with E-state index in [1.54, 1.807) is 6.92 Å². The summed E-state index contributed by atoms with van der Waals surface area (Å²) in [4.78, 5) is 36.9. The summed E-state index contributed by atoms with van der Waals surface area (Å²) in [6, 6.07) is 0. The molecule has 0 aromatic carbocycles. The molecular formula is C17H26N2O4S. The van der Waals surface area contributed by atoms with Crippen molar-refractivity contribution < 1.29 is 19.1 Å². The highest BCUT2D eigenvalue weighted by atomic mass is 32.1. The van der Waals surface area contributed by atoms with Crippen LogP contribution < -0.4 is 10.6 Å². The molecule has 0 spiro atoms. The van der Waals surface area contributed by atoms with Crippen molar-refractivity contribution in [2.24, 2.45) is 5.41 Å². The number of hydrogen-bond acceptors (Lipinski definition) is 5. The van der Waals surface area contributed by atoms with Crippen LogP contribution in [0.4, 0.5) is 5.00 Å². The Kier molecular flexibility index (Phi) is 6.95. The van der Waals surface area contributed by atoms with E-state index >= 15 is 0 Å². The minimum atomic E-state index is -0.491. The van der Waals surface area contributed by atoms with Crippen LogP contribution in [-0.4, -0.2) is 30.9 Å². The molecule has 6 nitrogen and oxygen atoms in total. The Morgan fingerprint density at radius 1 is 1.17 bits per heavy atom. The van der Waals surface area contributed by atoms with Crippen LogP contribution in [0.5, 0.6) is 0 Å². The number of carbonyl (C=O) groups is 3. The number of nitrogens with one attached hydrogen (secondary N) is 2. The second-order valence-electron chi connectivity index (χ2n) is 6.51. The van der Waals surface area contributed by atoms with E-state index in [1.807, 2.05) is 34.6 Å². The third-order valence-corrected chi connectivity index (χ3v) is 4.56. The maximum absolute atomic E-state index is 12.1. The van der Waals surface area contributed by atoms with Gasteiger partial charge in [0.1, 0.15) is 5.00 Å². The van der Waals surface area contributed by atoms with Gasteiger partial charge in [0.25, 0.3) is 0 Å². The number of hydrogen-bond donors (Lipinski definition) is 2. The molecule has 7 heteroatoms. The zero-order chi connectivity index (χ0) is 18.5. The van der Waals surface area contributed by atoms with Crippen LogP contribution in [0.3, 0.4) is 0 Å². The van der Waals surface area contributed by atoms with Gasteiger partial charge >= 0.3 is 5.97 Å². The van der Waals surface area contributed by atoms with E-state index in [2.05, 4.69) is 10.6 Å². The smallest absolute Gasteiger partial charge is 0.341 e. The summed E-state index contributed by atoms with van der Waals surface area (Å²) in [6.07, 6.45) is 0.139. The fraction of sp³-hybridized carbons (Fsp3) is 0.588. The summed E-state index contributed by atoms with van der Waals surface area (Å²) in [7, 11) is 0. The molecule has 1 aromatic rings. The quantitative estimate of drug-likeness (QED) is 0.769. The molecule has 0 saturated heterocycles. The van der Waals surface area contributed by atoms with Crippen LogP contribution >= 0.6 is 11.3 Å². The van der Waals surface area contributed by atoms with Crippen molar-refractivity contribution in [1.29, 1.82) is 0 Å². The lowest BCUT2D eigenvalue weighted by molar-refractivity contribution is -0.128. The molecule has 2 N–H and O–H groups in total. The van der Waals surface area contributed by atoms with Crippen LogP contribution in [0.1, 0.15) is 54.9 Å². The van der Waals surface area contributed by atoms with Gasteiger partial charge in [0.15, 0.2) is 0 Å². The second kappa shape index (κ2) is 8.28. The van der Waals surface area contributed by atoms with E-state index in [-0.39, 0.29) is 31.4 Å². The summed E-state index contributed by atoms with van der Waals surface area (Å²) in [5, 5.41) is 5.97. The maximum atomic E-state index is 12.1. The first-order chi connectivity index (χ1) is 11.1. The number of carbonyl (C=O) groups excluding carboxylic acids is 3. The Labute approximate surface area is 147 Å². The highest BCUT2D eigenvalue weighted by molar-refractivity contribution is 7.16. The summed E-state index contributed by atoms with van der Waals surface area (Å²) in [6.45, 7) is 11.4. The maximum Gasteiger partial charge on any atom is 0.341 e. The van der Waals surface area contributed by atoms with Gasteiger partial charge < -0.3 is 15.4 Å². The van der Waals surface area contributed by atoms with Gasteiger partial charge in [-0.05, 0) is 26.3 Å². The standard InChI is InChI=1S/C17H26N2O4S/c1-7-23-15(21)13-10(2)11(3)24-14(13)19-12(20)8-9-18-16(22)17(4,5)6/h7-9H2,1-6H3,(H,18,22)(H,19,20). The number of esters is 1. The minimum absolute atomic E-state index is 0.106. The number of anilines is 1. The third-order valence-electron chi connectivity index (χ3n) is 3.44. The van der Waals surface area contributed by atoms with E-state index in [9.17, 15) is 14.4 Å². The molecule has 2 amide bonds. The Morgan fingerprint density at radius 3 is 2.33 bits per heavy atom. The lowest BCUT2D eigenvalue weighted by Gasteiger charge is -2.17. The molecule has 0 aliphatic heterocycles. The highest BCUT2D eigenvalue weighted by Crippen LogP contribution is 2.33. The minimum Gasteiger partial charge on any atom is -0.462 e. The first-order valence-electron chi connectivity index (χ1n) is 7.93. The predicted molar refractivity (Wildman–Crippen MR) is 95.5 cm³/mol. The summed E-state index contributed by atoms with van der Waals surface area (Å²) in [5.41, 5.74) is 0.733. The normalized spacial score (nSPS) is 11.1. The molecule has 134 valence electrons. The molecule has 0 aliphatic carbocycles. The van der Waals surface area contributed by atoms with Crippen LogP contribution in [0.2, 0.25) is 0 Å². The van der Waals surface area contributed by atoms with Gasteiger partial charge in [-0.15, -0.1) is 11.3 Å². The SMILES string of the molecule is CCOC(=O)c1c(NC(=O)CCNC(=O)C(C)(C)C)sc(C)c1C. The number of aryl methyl sites for hydroxylation is 1. The van der Waals surface area contributed by atoms with Crippen molar-refractivity contribution >= 4 is 34.1 Å². The molecular weight excluding hydrogens is 328 g/mol. The molecule has 0 fully saturated rings. The van der Waals surface area contributed by atoms with E-state index in [1.165, 1.54) is 11.3 Å². The highest BCUT2D eigenvalue weighted by Gasteiger charge is 2.23. The molecule has 1 rings (SSSR count). The van der Waals surface area contributed by atoms with Gasteiger partial charge in [-0.1, -0.05) is 20.8 Å². The summed E-state index contributed by atoms with van der Waals surface area (Å²) >= 11 is 1.35. The summed E-state index contributed by atoms with van der Waals surface area (Å²) in [5.74, 6) is -0.794. The zero-order valence-corrected chi connectivity index (χ0v) is 16.0. The number of amides is 2. The van der Waals surface area contributed by atoms with Gasteiger partial charge in [-0.25, -0.2) is 4.79 Å². The molecule has 24 heavy (non-hydrogen) atoms. The third kappa shape index (κ3) is 5.33. The predicted octanol–water partition coefficient (Wildman–Crippen LogP) is 3.03. The average molecular weight is 354 g/mol. The van der Waals surface area contributed by atoms with E-state index in [0.29, 0.717) is 10.6 Å². The van der Waals surface area contributed by atoms with Crippen molar-refractivity contribution in [2.75, 3.05) is 18.5 Å². The monoisotopic (exact) mass is 354 g/mol. The zero-order valence-electron chi connectivity index (χ0n) is 15.2. The molecule has 0 saturated carbocycles. The Balaban J connectivity index is 2.69. The van der Waals surface area contributed by atoms with Gasteiger partial charge in [0.2, 0.25) is 11.8 Å². The fourth-order valence-electron chi connectivity index (χ4n) is 1.91. The van der Waals surface area contributed by atoms with Crippen LogP contribution in [0.25, 0.3) is 0 Å². The number of thiophene rings is 1. The van der Waals surface area contributed by atoms with Crippen molar-refractivity contribution in [1.82, 2.24) is 5.32 Å². The molecule has 0 aliphatic rings. The van der Waals surface area contributed by atoms with Crippen LogP contribution in [-0.2, 0) is 14.3 Å². The Hall–Kier alpha value is -1.89. The lowest BCUT2D eigenvalue weighted by atomic mass is 9.96. The van der Waals surface area contributed by atoms with Gasteiger partial charge in [-0.3, -0.25) is 9.59 Å². The second-order valence-corrected chi connectivity index (χ2v) is 7.74. The number of ether oxygens (including phenoxy) is 1. The first kappa shape index (κ1) is 20.2. The van der Waals surface area contributed by atoms with Crippen LogP contribution in [0, 0.1) is 19.3 Å². The molecule has 0 radical (unpaired) electrons. The topological polar surface area (TPSA) is 84.5 Å². The first-order valence-corrected chi connectivity index (χ1v) is 8.74. The summed E-state index contributed by atoms with van der Waals surface area (Å²) < 4.78 is 5.05. The van der Waals surface area contributed by atoms with Gasteiger partial charge in [0.05, 0.1) is 12.2 Å². The molecule has 1 aromatic heterocycles. The van der Waals surface area contributed by atoms with E-state index in [4.69, 9.17) is 4.74 Å². The van der Waals surface area contributed by atoms with Crippen LogP contribution in [0.15, 0.2) is 0 Å².